The van der Waals surface area contributed by atoms with Gasteiger partial charge in [-0.2, -0.15) is 4.57 Å². The molecule has 1 aliphatic rings. The van der Waals surface area contributed by atoms with Crippen molar-refractivity contribution in [3.8, 4) is 11.3 Å². The highest BCUT2D eigenvalue weighted by atomic mass is 15.1. The second kappa shape index (κ2) is 7.26. The van der Waals surface area contributed by atoms with Gasteiger partial charge in [0, 0.05) is 30.8 Å². The summed E-state index contributed by atoms with van der Waals surface area (Å²) in [5.74, 6) is 0. The van der Waals surface area contributed by atoms with Crippen molar-refractivity contribution in [2.24, 2.45) is 0 Å². The molecule has 0 spiro atoms. The number of nitrogens with zero attached hydrogens (tertiary/aromatic N) is 1. The molecule has 1 aromatic heterocycles. The third-order valence-corrected chi connectivity index (χ3v) is 6.58. The summed E-state index contributed by atoms with van der Waals surface area (Å²) >= 11 is 0. The third-order valence-electron chi connectivity index (χ3n) is 6.58. The minimum Gasteiger partial charge on any atom is -0.385 e. The maximum atomic E-state index is 4.28. The highest BCUT2D eigenvalue weighted by molar-refractivity contribution is 5.70. The average Bonchev–Trinajstić information content (AvgIpc) is 2.69. The molecule has 0 radical (unpaired) electrons. The fourth-order valence-corrected chi connectivity index (χ4v) is 4.79. The Morgan fingerprint density at radius 2 is 1.92 bits per heavy atom. The van der Waals surface area contributed by atoms with Gasteiger partial charge in [0.1, 0.15) is 0 Å². The van der Waals surface area contributed by atoms with E-state index in [2.05, 4.69) is 92.8 Å². The van der Waals surface area contributed by atoms with Gasteiger partial charge in [-0.05, 0) is 49.6 Å². The van der Waals surface area contributed by atoms with Gasteiger partial charge < -0.3 is 5.32 Å². The summed E-state index contributed by atoms with van der Waals surface area (Å²) in [6.45, 7) is 14.5. The first-order valence-corrected chi connectivity index (χ1v) is 10.1. The molecule has 3 rings (SSSR count). The zero-order chi connectivity index (χ0) is 18.8. The van der Waals surface area contributed by atoms with Crippen molar-refractivity contribution < 1.29 is 4.57 Å². The molecule has 0 fully saturated rings. The third kappa shape index (κ3) is 2.58. The van der Waals surface area contributed by atoms with E-state index in [4.69, 9.17) is 0 Å². The van der Waals surface area contributed by atoms with Crippen LogP contribution in [0.2, 0.25) is 0 Å². The van der Waals surface area contributed by atoms with Crippen molar-refractivity contribution in [2.75, 3.05) is 11.9 Å². The molecule has 2 aromatic rings. The molecule has 2 nitrogen and oxygen atoms in total. The van der Waals surface area contributed by atoms with Gasteiger partial charge in [0.05, 0.1) is 11.0 Å². The van der Waals surface area contributed by atoms with Crippen molar-refractivity contribution in [1.29, 1.82) is 0 Å². The summed E-state index contributed by atoms with van der Waals surface area (Å²) in [7, 11) is 0. The molecular formula is C24H33N2+. The summed E-state index contributed by atoms with van der Waals surface area (Å²) in [6, 6.07) is 13.5. The lowest BCUT2D eigenvalue weighted by Crippen LogP contribution is -2.68. The van der Waals surface area contributed by atoms with Crippen LogP contribution in [0.15, 0.2) is 55.3 Å². The van der Waals surface area contributed by atoms with Crippen LogP contribution in [-0.4, -0.2) is 6.54 Å². The van der Waals surface area contributed by atoms with E-state index >= 15 is 0 Å². The molecule has 0 aliphatic carbocycles. The van der Waals surface area contributed by atoms with Gasteiger partial charge in [-0.25, -0.2) is 0 Å². The van der Waals surface area contributed by atoms with Crippen LogP contribution < -0.4 is 9.88 Å². The fourth-order valence-electron chi connectivity index (χ4n) is 4.79. The lowest BCUT2D eigenvalue weighted by molar-refractivity contribution is -0.756. The highest BCUT2D eigenvalue weighted by Crippen LogP contribution is 2.50. The van der Waals surface area contributed by atoms with Crippen LogP contribution >= 0.6 is 0 Å². The normalized spacial score (nSPS) is 23.8. The highest BCUT2D eigenvalue weighted by Gasteiger charge is 2.57. The van der Waals surface area contributed by atoms with Crippen LogP contribution in [0.3, 0.4) is 0 Å². The molecule has 2 heteroatoms. The minimum absolute atomic E-state index is 0.0137. The van der Waals surface area contributed by atoms with Gasteiger partial charge in [-0.1, -0.05) is 39.8 Å². The molecular weight excluding hydrogens is 316 g/mol. The summed E-state index contributed by atoms with van der Waals surface area (Å²) in [5, 5.41) is 3.59. The standard InChI is InChI=1S/C24H33N2/c1-6-10-16-25-19-14-15-21-20(18-19)22-13-11-12-17-26(22)24(8-3,9-4)23(21,5)7-2/h8,11-15,17-18,25H,3,6-7,9-10,16H2,1-2,4-5H3/q+1. The summed E-state index contributed by atoms with van der Waals surface area (Å²) in [6.07, 6.45) is 8.92. The first kappa shape index (κ1) is 18.7. The van der Waals surface area contributed by atoms with Crippen molar-refractivity contribution in [1.82, 2.24) is 0 Å². The van der Waals surface area contributed by atoms with E-state index in [9.17, 15) is 0 Å². The summed E-state index contributed by atoms with van der Waals surface area (Å²) in [5.41, 5.74) is 5.20. The number of fused-ring (bicyclic) bond motifs is 3. The Morgan fingerprint density at radius 1 is 1.12 bits per heavy atom. The predicted molar refractivity (Wildman–Crippen MR) is 112 cm³/mol. The number of anilines is 1. The summed E-state index contributed by atoms with van der Waals surface area (Å²) in [4.78, 5) is 0. The molecule has 0 bridgehead atoms. The largest absolute Gasteiger partial charge is 0.385 e. The van der Waals surface area contributed by atoms with E-state index in [1.165, 1.54) is 35.3 Å². The molecule has 1 aliphatic heterocycles. The predicted octanol–water partition coefficient (Wildman–Crippen LogP) is 5.83. The van der Waals surface area contributed by atoms with Crippen LogP contribution in [0, 0.1) is 0 Å². The molecule has 138 valence electrons. The average molecular weight is 350 g/mol. The molecule has 1 aromatic carbocycles. The van der Waals surface area contributed by atoms with E-state index in [-0.39, 0.29) is 11.0 Å². The number of aromatic nitrogens is 1. The van der Waals surface area contributed by atoms with Crippen LogP contribution in [-0.2, 0) is 11.0 Å². The number of unbranched alkanes of at least 4 members (excludes halogenated alkanes) is 1. The first-order valence-electron chi connectivity index (χ1n) is 10.1. The quantitative estimate of drug-likeness (QED) is 0.378. The van der Waals surface area contributed by atoms with E-state index in [0.717, 1.165) is 19.4 Å². The minimum atomic E-state index is -0.109. The fraction of sp³-hybridized carbons (Fsp3) is 0.458. The Labute approximate surface area is 159 Å². The van der Waals surface area contributed by atoms with E-state index in [1.54, 1.807) is 0 Å². The molecule has 1 N–H and O–H groups in total. The SMILES string of the molecule is C=CC1(CC)[n+]2ccccc2-c2cc(NCCCC)ccc2C1(C)CC. The van der Waals surface area contributed by atoms with Gasteiger partial charge in [-0.3, -0.25) is 0 Å². The molecule has 26 heavy (non-hydrogen) atoms. The topological polar surface area (TPSA) is 15.9 Å². The van der Waals surface area contributed by atoms with Gasteiger partial charge >= 0.3 is 0 Å². The molecule has 2 atom stereocenters. The Morgan fingerprint density at radius 3 is 2.58 bits per heavy atom. The molecule has 0 amide bonds. The van der Waals surface area contributed by atoms with Gasteiger partial charge in [0.15, 0.2) is 11.7 Å². The molecule has 2 heterocycles. The van der Waals surface area contributed by atoms with Crippen LogP contribution in [0.4, 0.5) is 5.69 Å². The molecule has 0 saturated heterocycles. The van der Waals surface area contributed by atoms with Crippen molar-refractivity contribution in [3.05, 3.63) is 60.8 Å². The second-order valence-electron chi connectivity index (χ2n) is 7.66. The number of rotatable bonds is 7. The number of benzene rings is 1. The van der Waals surface area contributed by atoms with Crippen molar-refractivity contribution >= 4 is 5.69 Å². The van der Waals surface area contributed by atoms with Gasteiger partial charge in [0.2, 0.25) is 5.69 Å². The Hall–Kier alpha value is -2.09. The first-order chi connectivity index (χ1) is 12.6. The zero-order valence-electron chi connectivity index (χ0n) is 16.8. The second-order valence-corrected chi connectivity index (χ2v) is 7.66. The Kier molecular flexibility index (Phi) is 5.22. The lowest BCUT2D eigenvalue weighted by Gasteiger charge is -2.46. The number of hydrogen-bond donors (Lipinski definition) is 1. The maximum Gasteiger partial charge on any atom is 0.213 e. The van der Waals surface area contributed by atoms with Crippen molar-refractivity contribution in [3.63, 3.8) is 0 Å². The number of pyridine rings is 1. The molecule has 2 unspecified atom stereocenters. The van der Waals surface area contributed by atoms with Crippen LogP contribution in [0.1, 0.15) is 58.9 Å². The van der Waals surface area contributed by atoms with E-state index < -0.39 is 0 Å². The Bertz CT molecular complexity index is 795. The zero-order valence-corrected chi connectivity index (χ0v) is 16.8. The van der Waals surface area contributed by atoms with Crippen LogP contribution in [0.25, 0.3) is 11.3 Å². The van der Waals surface area contributed by atoms with E-state index in [1.807, 2.05) is 0 Å². The summed E-state index contributed by atoms with van der Waals surface area (Å²) < 4.78 is 2.46. The number of allylic oxidation sites excluding steroid dienone is 1. The van der Waals surface area contributed by atoms with Gasteiger partial charge in [-0.15, -0.1) is 0 Å². The number of hydrogen-bond acceptors (Lipinski definition) is 1. The Balaban J connectivity index is 2.22. The molecule has 0 saturated carbocycles. The lowest BCUT2D eigenvalue weighted by atomic mass is 9.60. The number of nitrogens with one attached hydrogen (secondary N) is 1. The monoisotopic (exact) mass is 349 g/mol. The van der Waals surface area contributed by atoms with Crippen molar-refractivity contribution in [2.45, 2.75) is 64.3 Å². The van der Waals surface area contributed by atoms with Gasteiger partial charge in [0.25, 0.3) is 0 Å². The van der Waals surface area contributed by atoms with Crippen LogP contribution in [0.5, 0.6) is 0 Å². The smallest absolute Gasteiger partial charge is 0.213 e. The van der Waals surface area contributed by atoms with E-state index in [0.29, 0.717) is 0 Å². The maximum absolute atomic E-state index is 4.28.